The van der Waals surface area contributed by atoms with Crippen molar-refractivity contribution in [3.63, 3.8) is 0 Å². The van der Waals surface area contributed by atoms with Crippen LogP contribution in [0.15, 0.2) is 24.3 Å². The lowest BCUT2D eigenvalue weighted by atomic mass is 9.79. The standard InChI is InChI=1S/C15H19N3O2/c1-15(6-8-16-9-7-15)14(20)18-10-13(19)17-11-4-2-3-5-12(11)18/h2-5,16H,6-10H2,1H3,(H,17,19). The van der Waals surface area contributed by atoms with Crippen LogP contribution in [0.5, 0.6) is 0 Å². The molecule has 0 radical (unpaired) electrons. The molecule has 0 atom stereocenters. The summed E-state index contributed by atoms with van der Waals surface area (Å²) in [6, 6.07) is 7.47. The summed E-state index contributed by atoms with van der Waals surface area (Å²) in [6.45, 7) is 3.82. The molecule has 2 aliphatic heterocycles. The van der Waals surface area contributed by atoms with Crippen LogP contribution < -0.4 is 15.5 Å². The summed E-state index contributed by atoms with van der Waals surface area (Å²) in [5, 5.41) is 6.09. The smallest absolute Gasteiger partial charge is 0.244 e. The number of carbonyl (C=O) groups is 2. The Morgan fingerprint density at radius 3 is 2.70 bits per heavy atom. The Labute approximate surface area is 118 Å². The first-order valence-corrected chi connectivity index (χ1v) is 7.02. The van der Waals surface area contributed by atoms with Crippen LogP contribution in [0.4, 0.5) is 11.4 Å². The fraction of sp³-hybridized carbons (Fsp3) is 0.467. The van der Waals surface area contributed by atoms with E-state index in [1.807, 2.05) is 31.2 Å². The van der Waals surface area contributed by atoms with Crippen LogP contribution in [0, 0.1) is 5.41 Å². The topological polar surface area (TPSA) is 61.4 Å². The van der Waals surface area contributed by atoms with Crippen LogP contribution in [-0.2, 0) is 9.59 Å². The Morgan fingerprint density at radius 2 is 1.95 bits per heavy atom. The van der Waals surface area contributed by atoms with Gasteiger partial charge in [0.05, 0.1) is 11.4 Å². The van der Waals surface area contributed by atoms with Crippen LogP contribution in [0.2, 0.25) is 0 Å². The van der Waals surface area contributed by atoms with Gasteiger partial charge in [-0.25, -0.2) is 0 Å². The molecule has 106 valence electrons. The molecule has 1 aromatic carbocycles. The van der Waals surface area contributed by atoms with Gasteiger partial charge in [0.1, 0.15) is 6.54 Å². The van der Waals surface area contributed by atoms with Gasteiger partial charge in [-0.15, -0.1) is 0 Å². The molecule has 1 aromatic rings. The van der Waals surface area contributed by atoms with E-state index < -0.39 is 0 Å². The van der Waals surface area contributed by atoms with Gasteiger partial charge in [-0.05, 0) is 38.1 Å². The fourth-order valence-electron chi connectivity index (χ4n) is 2.93. The van der Waals surface area contributed by atoms with E-state index in [1.54, 1.807) is 4.90 Å². The van der Waals surface area contributed by atoms with Crippen molar-refractivity contribution in [2.45, 2.75) is 19.8 Å². The second kappa shape index (κ2) is 4.90. The van der Waals surface area contributed by atoms with Gasteiger partial charge < -0.3 is 15.5 Å². The van der Waals surface area contributed by atoms with Gasteiger partial charge in [0.25, 0.3) is 0 Å². The highest BCUT2D eigenvalue weighted by Crippen LogP contribution is 2.36. The highest BCUT2D eigenvalue weighted by atomic mass is 16.2. The maximum atomic E-state index is 12.9. The fourth-order valence-corrected chi connectivity index (χ4v) is 2.93. The van der Waals surface area contributed by atoms with E-state index in [4.69, 9.17) is 0 Å². The molecule has 2 N–H and O–H groups in total. The van der Waals surface area contributed by atoms with E-state index in [2.05, 4.69) is 10.6 Å². The molecule has 5 nitrogen and oxygen atoms in total. The minimum absolute atomic E-state index is 0.0568. The maximum absolute atomic E-state index is 12.9. The summed E-state index contributed by atoms with van der Waals surface area (Å²) < 4.78 is 0. The first-order valence-electron chi connectivity index (χ1n) is 7.02. The predicted molar refractivity (Wildman–Crippen MR) is 77.6 cm³/mol. The number of amides is 2. The van der Waals surface area contributed by atoms with E-state index in [0.717, 1.165) is 37.3 Å². The van der Waals surface area contributed by atoms with Crippen molar-refractivity contribution in [1.82, 2.24) is 5.32 Å². The first-order chi connectivity index (χ1) is 9.60. The van der Waals surface area contributed by atoms with Crippen molar-refractivity contribution < 1.29 is 9.59 Å². The minimum Gasteiger partial charge on any atom is -0.323 e. The number of hydrogen-bond donors (Lipinski definition) is 2. The van der Waals surface area contributed by atoms with Crippen molar-refractivity contribution in [2.75, 3.05) is 29.9 Å². The molecule has 2 amide bonds. The third-order valence-corrected chi connectivity index (χ3v) is 4.24. The number of para-hydroxylation sites is 2. The number of anilines is 2. The van der Waals surface area contributed by atoms with Gasteiger partial charge in [0.2, 0.25) is 11.8 Å². The van der Waals surface area contributed by atoms with Crippen LogP contribution in [-0.4, -0.2) is 31.4 Å². The average Bonchev–Trinajstić information content (AvgIpc) is 2.46. The molecule has 0 aromatic heterocycles. The molecule has 0 bridgehead atoms. The molecule has 1 fully saturated rings. The monoisotopic (exact) mass is 273 g/mol. The average molecular weight is 273 g/mol. The zero-order chi connectivity index (χ0) is 14.2. The van der Waals surface area contributed by atoms with Gasteiger partial charge in [0, 0.05) is 5.41 Å². The third kappa shape index (κ3) is 2.18. The highest BCUT2D eigenvalue weighted by Gasteiger charge is 2.40. The Hall–Kier alpha value is -1.88. The number of nitrogens with one attached hydrogen (secondary N) is 2. The van der Waals surface area contributed by atoms with E-state index in [-0.39, 0.29) is 23.8 Å². The number of fused-ring (bicyclic) bond motifs is 1. The van der Waals surface area contributed by atoms with Gasteiger partial charge >= 0.3 is 0 Å². The van der Waals surface area contributed by atoms with Crippen LogP contribution in [0.25, 0.3) is 0 Å². The predicted octanol–water partition coefficient (Wildman–Crippen LogP) is 1.36. The Morgan fingerprint density at radius 1 is 1.25 bits per heavy atom. The molecule has 3 rings (SSSR count). The van der Waals surface area contributed by atoms with E-state index >= 15 is 0 Å². The van der Waals surface area contributed by atoms with Gasteiger partial charge in [0.15, 0.2) is 0 Å². The van der Waals surface area contributed by atoms with Crippen molar-refractivity contribution in [1.29, 1.82) is 0 Å². The number of nitrogens with zero attached hydrogens (tertiary/aromatic N) is 1. The number of hydrogen-bond acceptors (Lipinski definition) is 3. The van der Waals surface area contributed by atoms with Crippen LogP contribution in [0.1, 0.15) is 19.8 Å². The number of piperidine rings is 1. The quantitative estimate of drug-likeness (QED) is 0.812. The van der Waals surface area contributed by atoms with Crippen molar-refractivity contribution in [3.05, 3.63) is 24.3 Å². The lowest BCUT2D eigenvalue weighted by molar-refractivity contribution is -0.130. The third-order valence-electron chi connectivity index (χ3n) is 4.24. The molecular formula is C15H19N3O2. The molecule has 2 aliphatic rings. The summed E-state index contributed by atoms with van der Waals surface area (Å²) in [7, 11) is 0. The van der Waals surface area contributed by atoms with Crippen molar-refractivity contribution in [3.8, 4) is 0 Å². The molecular weight excluding hydrogens is 254 g/mol. The lowest BCUT2D eigenvalue weighted by Crippen LogP contribution is -2.51. The van der Waals surface area contributed by atoms with Crippen LogP contribution >= 0.6 is 0 Å². The van der Waals surface area contributed by atoms with Gasteiger partial charge in [-0.3, -0.25) is 9.59 Å². The second-order valence-corrected chi connectivity index (χ2v) is 5.77. The molecule has 5 heteroatoms. The molecule has 2 heterocycles. The van der Waals surface area contributed by atoms with Gasteiger partial charge in [-0.1, -0.05) is 19.1 Å². The van der Waals surface area contributed by atoms with E-state index in [9.17, 15) is 9.59 Å². The summed E-state index contributed by atoms with van der Waals surface area (Å²) >= 11 is 0. The summed E-state index contributed by atoms with van der Waals surface area (Å²) in [5.74, 6) is -0.0733. The van der Waals surface area contributed by atoms with Crippen LogP contribution in [0.3, 0.4) is 0 Å². The Kier molecular flexibility index (Phi) is 3.22. The number of benzene rings is 1. The first kappa shape index (κ1) is 13.1. The zero-order valence-corrected chi connectivity index (χ0v) is 11.6. The van der Waals surface area contributed by atoms with Gasteiger partial charge in [-0.2, -0.15) is 0 Å². The Balaban J connectivity index is 1.93. The SMILES string of the molecule is CC1(C(=O)N2CC(=O)Nc3ccccc32)CCNCC1. The largest absolute Gasteiger partial charge is 0.323 e. The van der Waals surface area contributed by atoms with E-state index in [1.165, 1.54) is 0 Å². The normalized spacial score (nSPS) is 21.1. The molecule has 1 saturated heterocycles. The summed E-state index contributed by atoms with van der Waals surface area (Å²) in [6.07, 6.45) is 1.62. The molecule has 0 saturated carbocycles. The van der Waals surface area contributed by atoms with Crippen molar-refractivity contribution in [2.24, 2.45) is 5.41 Å². The molecule has 0 unspecified atom stereocenters. The minimum atomic E-state index is -0.379. The number of rotatable bonds is 1. The highest BCUT2D eigenvalue weighted by molar-refractivity contribution is 6.11. The molecule has 0 spiro atoms. The number of carbonyl (C=O) groups excluding carboxylic acids is 2. The Bertz CT molecular complexity index is 550. The van der Waals surface area contributed by atoms with E-state index in [0.29, 0.717) is 0 Å². The summed E-state index contributed by atoms with van der Waals surface area (Å²) in [5.41, 5.74) is 1.14. The second-order valence-electron chi connectivity index (χ2n) is 5.77. The zero-order valence-electron chi connectivity index (χ0n) is 11.6. The lowest BCUT2D eigenvalue weighted by Gasteiger charge is -2.39. The molecule has 20 heavy (non-hydrogen) atoms. The summed E-state index contributed by atoms with van der Waals surface area (Å²) in [4.78, 5) is 26.4. The maximum Gasteiger partial charge on any atom is 0.244 e. The van der Waals surface area contributed by atoms with Crippen molar-refractivity contribution >= 4 is 23.2 Å². The molecule has 0 aliphatic carbocycles.